The maximum atomic E-state index is 11.2. The molecular weight excluding hydrogens is 402 g/mol. The average molecular weight is 424 g/mol. The standard InChI is InChI=1S/C24H22ClNO4/c25-19-3-1-2-16(12-19)22(27)13-26-9-8-15-4-7-23-21(10-15)20-6-5-17(24(28)29)11-18(20)14-30-23/h1-7,10-12,22,26-27H,8-9,13-14H2,(H,28,29)/t22-/m0/s1. The van der Waals surface area contributed by atoms with E-state index in [1.54, 1.807) is 24.3 Å². The van der Waals surface area contributed by atoms with Crippen molar-refractivity contribution in [1.82, 2.24) is 5.32 Å². The molecule has 0 radical (unpaired) electrons. The number of carbonyl (C=O) groups is 1. The van der Waals surface area contributed by atoms with Gasteiger partial charge in [0.1, 0.15) is 12.4 Å². The molecule has 1 heterocycles. The van der Waals surface area contributed by atoms with E-state index in [1.165, 1.54) is 0 Å². The summed E-state index contributed by atoms with van der Waals surface area (Å²) in [6, 6.07) is 18.5. The van der Waals surface area contributed by atoms with Gasteiger partial charge < -0.3 is 20.3 Å². The monoisotopic (exact) mass is 423 g/mol. The van der Waals surface area contributed by atoms with Crippen LogP contribution in [0.1, 0.15) is 33.2 Å². The van der Waals surface area contributed by atoms with Gasteiger partial charge in [-0.05, 0) is 71.6 Å². The Balaban J connectivity index is 1.40. The molecule has 0 bridgehead atoms. The summed E-state index contributed by atoms with van der Waals surface area (Å²) in [7, 11) is 0. The van der Waals surface area contributed by atoms with Crippen molar-refractivity contribution in [2.24, 2.45) is 0 Å². The molecule has 0 unspecified atom stereocenters. The lowest BCUT2D eigenvalue weighted by atomic mass is 9.93. The molecule has 3 aromatic rings. The second-order valence-electron chi connectivity index (χ2n) is 7.32. The molecule has 1 aliphatic heterocycles. The van der Waals surface area contributed by atoms with Gasteiger partial charge in [0.05, 0.1) is 11.7 Å². The third-order valence-corrected chi connectivity index (χ3v) is 5.47. The van der Waals surface area contributed by atoms with Crippen LogP contribution in [-0.4, -0.2) is 29.3 Å². The maximum absolute atomic E-state index is 11.2. The number of carboxylic acid groups (broad SMARTS) is 1. The van der Waals surface area contributed by atoms with Gasteiger partial charge in [0.2, 0.25) is 0 Å². The fourth-order valence-electron chi connectivity index (χ4n) is 3.64. The van der Waals surface area contributed by atoms with Crippen LogP contribution in [0.2, 0.25) is 5.02 Å². The van der Waals surface area contributed by atoms with Gasteiger partial charge in [-0.2, -0.15) is 0 Å². The number of ether oxygens (including phenoxy) is 1. The van der Waals surface area contributed by atoms with E-state index in [-0.39, 0.29) is 5.56 Å². The molecule has 3 aromatic carbocycles. The smallest absolute Gasteiger partial charge is 0.335 e. The minimum atomic E-state index is -0.941. The number of carboxylic acids is 1. The van der Waals surface area contributed by atoms with E-state index < -0.39 is 12.1 Å². The first-order chi connectivity index (χ1) is 14.5. The van der Waals surface area contributed by atoms with E-state index in [2.05, 4.69) is 11.4 Å². The molecule has 4 rings (SSSR count). The Bertz CT molecular complexity index is 1080. The SMILES string of the molecule is O=C(O)c1ccc2c(c1)COc1ccc(CCNC[C@H](O)c3cccc(Cl)c3)cc1-2. The largest absolute Gasteiger partial charge is 0.488 e. The third kappa shape index (κ3) is 4.49. The summed E-state index contributed by atoms with van der Waals surface area (Å²) < 4.78 is 5.80. The number of benzene rings is 3. The number of rotatable bonds is 7. The first kappa shape index (κ1) is 20.4. The fourth-order valence-corrected chi connectivity index (χ4v) is 3.84. The van der Waals surface area contributed by atoms with Gasteiger partial charge in [0.25, 0.3) is 0 Å². The van der Waals surface area contributed by atoms with Gasteiger partial charge in [0.15, 0.2) is 0 Å². The molecule has 1 atom stereocenters. The molecule has 6 heteroatoms. The van der Waals surface area contributed by atoms with Crippen molar-refractivity contribution in [3.05, 3.63) is 87.9 Å². The van der Waals surface area contributed by atoms with E-state index >= 15 is 0 Å². The van der Waals surface area contributed by atoms with Gasteiger partial charge in [-0.15, -0.1) is 0 Å². The van der Waals surface area contributed by atoms with Gasteiger partial charge in [-0.1, -0.05) is 35.9 Å². The van der Waals surface area contributed by atoms with Crippen molar-refractivity contribution in [3.63, 3.8) is 0 Å². The Morgan fingerprint density at radius 3 is 2.77 bits per heavy atom. The number of hydrogen-bond acceptors (Lipinski definition) is 4. The fraction of sp³-hybridized carbons (Fsp3) is 0.208. The van der Waals surface area contributed by atoms with Crippen LogP contribution in [0.25, 0.3) is 11.1 Å². The van der Waals surface area contributed by atoms with Crippen LogP contribution in [0.15, 0.2) is 60.7 Å². The number of aliphatic hydroxyl groups excluding tert-OH is 1. The summed E-state index contributed by atoms with van der Waals surface area (Å²) in [6.45, 7) is 1.52. The van der Waals surface area contributed by atoms with Crippen molar-refractivity contribution in [3.8, 4) is 16.9 Å². The molecule has 0 saturated carbocycles. The summed E-state index contributed by atoms with van der Waals surface area (Å²) in [5, 5.41) is 23.4. The van der Waals surface area contributed by atoms with E-state index in [1.807, 2.05) is 30.3 Å². The summed E-state index contributed by atoms with van der Waals surface area (Å²) in [5.41, 5.74) is 5.05. The lowest BCUT2D eigenvalue weighted by Gasteiger charge is -2.22. The normalized spacial score (nSPS) is 13.1. The molecule has 5 nitrogen and oxygen atoms in total. The maximum Gasteiger partial charge on any atom is 0.335 e. The van der Waals surface area contributed by atoms with Gasteiger partial charge in [-0.3, -0.25) is 0 Å². The Morgan fingerprint density at radius 1 is 1.10 bits per heavy atom. The molecule has 0 fully saturated rings. The van der Waals surface area contributed by atoms with E-state index in [0.29, 0.717) is 24.7 Å². The van der Waals surface area contributed by atoms with E-state index in [9.17, 15) is 15.0 Å². The molecular formula is C24H22ClNO4. The van der Waals surface area contributed by atoms with Crippen LogP contribution in [0.4, 0.5) is 0 Å². The highest BCUT2D eigenvalue weighted by atomic mass is 35.5. The van der Waals surface area contributed by atoms with Crippen LogP contribution >= 0.6 is 11.6 Å². The summed E-state index contributed by atoms with van der Waals surface area (Å²) >= 11 is 5.98. The van der Waals surface area contributed by atoms with Gasteiger partial charge >= 0.3 is 5.97 Å². The molecule has 154 valence electrons. The first-order valence-electron chi connectivity index (χ1n) is 9.78. The predicted octanol–water partition coefficient (Wildman–Crippen LogP) is 4.46. The number of aliphatic hydroxyl groups is 1. The molecule has 0 aliphatic carbocycles. The predicted molar refractivity (Wildman–Crippen MR) is 116 cm³/mol. The van der Waals surface area contributed by atoms with Crippen molar-refractivity contribution in [2.75, 3.05) is 13.1 Å². The highest BCUT2D eigenvalue weighted by molar-refractivity contribution is 6.30. The quantitative estimate of drug-likeness (QED) is 0.489. The second kappa shape index (κ2) is 8.88. The Kier molecular flexibility index (Phi) is 6.04. The first-order valence-corrected chi connectivity index (χ1v) is 10.2. The van der Waals surface area contributed by atoms with E-state index in [4.69, 9.17) is 16.3 Å². The van der Waals surface area contributed by atoms with Crippen LogP contribution in [0.5, 0.6) is 5.75 Å². The van der Waals surface area contributed by atoms with Crippen LogP contribution in [0.3, 0.4) is 0 Å². The third-order valence-electron chi connectivity index (χ3n) is 5.23. The minimum absolute atomic E-state index is 0.263. The lowest BCUT2D eigenvalue weighted by molar-refractivity contribution is 0.0696. The highest BCUT2D eigenvalue weighted by Gasteiger charge is 2.19. The lowest BCUT2D eigenvalue weighted by Crippen LogP contribution is -2.23. The Labute approximate surface area is 179 Å². The zero-order chi connectivity index (χ0) is 21.1. The summed E-state index contributed by atoms with van der Waals surface area (Å²) in [4.78, 5) is 11.2. The highest BCUT2D eigenvalue weighted by Crippen LogP contribution is 2.38. The van der Waals surface area contributed by atoms with Crippen LogP contribution in [0, 0.1) is 0 Å². The molecule has 0 saturated heterocycles. The van der Waals surface area contributed by atoms with Crippen LogP contribution < -0.4 is 10.1 Å². The van der Waals surface area contributed by atoms with E-state index in [0.717, 1.165) is 40.0 Å². The average Bonchev–Trinajstić information content (AvgIpc) is 2.76. The molecule has 0 amide bonds. The number of aromatic carboxylic acids is 1. The number of halogens is 1. The van der Waals surface area contributed by atoms with Crippen LogP contribution in [-0.2, 0) is 13.0 Å². The van der Waals surface area contributed by atoms with Crippen molar-refractivity contribution in [1.29, 1.82) is 0 Å². The molecule has 0 spiro atoms. The van der Waals surface area contributed by atoms with Crippen molar-refractivity contribution in [2.45, 2.75) is 19.1 Å². The number of fused-ring (bicyclic) bond motifs is 3. The molecule has 30 heavy (non-hydrogen) atoms. The molecule has 0 aromatic heterocycles. The molecule has 1 aliphatic rings. The summed E-state index contributed by atoms with van der Waals surface area (Å²) in [5.74, 6) is -0.137. The Morgan fingerprint density at radius 2 is 1.97 bits per heavy atom. The zero-order valence-corrected chi connectivity index (χ0v) is 17.0. The second-order valence-corrected chi connectivity index (χ2v) is 7.76. The van der Waals surface area contributed by atoms with Gasteiger partial charge in [-0.25, -0.2) is 4.79 Å². The van der Waals surface area contributed by atoms with Gasteiger partial charge in [0, 0.05) is 17.1 Å². The summed E-state index contributed by atoms with van der Waals surface area (Å²) in [6.07, 6.45) is 0.175. The Hall–Kier alpha value is -2.86. The zero-order valence-electron chi connectivity index (χ0n) is 16.3. The van der Waals surface area contributed by atoms with Crippen molar-refractivity contribution >= 4 is 17.6 Å². The minimum Gasteiger partial charge on any atom is -0.488 e. The number of hydrogen-bond donors (Lipinski definition) is 3. The van der Waals surface area contributed by atoms with Crippen molar-refractivity contribution < 1.29 is 19.7 Å². The topological polar surface area (TPSA) is 78.8 Å². The molecule has 3 N–H and O–H groups in total. The number of nitrogens with one attached hydrogen (secondary N) is 1.